The Hall–Kier alpha value is -1.60. The quantitative estimate of drug-likeness (QED) is 0.226. The molecule has 0 bridgehead atoms. The number of nitrogens with zero attached hydrogens (tertiary/aromatic N) is 1. The van der Waals surface area contributed by atoms with Gasteiger partial charge in [-0.3, -0.25) is 4.99 Å². The van der Waals surface area contributed by atoms with E-state index in [2.05, 4.69) is 58.9 Å². The molecule has 27 heavy (non-hydrogen) atoms. The molecule has 2 aromatic carbocycles. The Morgan fingerprint density at radius 1 is 0.963 bits per heavy atom. The molecule has 0 aromatic heterocycles. The first-order chi connectivity index (χ1) is 12.8. The van der Waals surface area contributed by atoms with Crippen molar-refractivity contribution in [3.63, 3.8) is 0 Å². The van der Waals surface area contributed by atoms with E-state index in [1.165, 1.54) is 11.1 Å². The maximum Gasteiger partial charge on any atom is 0.190 e. The number of benzene rings is 2. The number of aliphatic imine (C=N–C) groups is 1. The molecule has 0 heterocycles. The molecule has 0 aliphatic rings. The number of hydrogen-bond donors (Lipinski definition) is 2. The van der Waals surface area contributed by atoms with Crippen molar-refractivity contribution in [2.75, 3.05) is 26.7 Å². The van der Waals surface area contributed by atoms with Gasteiger partial charge in [0.2, 0.25) is 0 Å². The van der Waals surface area contributed by atoms with Gasteiger partial charge in [0, 0.05) is 26.7 Å². The van der Waals surface area contributed by atoms with Crippen molar-refractivity contribution in [2.24, 2.45) is 4.99 Å². The topological polar surface area (TPSA) is 45.7 Å². The molecule has 0 radical (unpaired) electrons. The van der Waals surface area contributed by atoms with Crippen molar-refractivity contribution in [3.8, 4) is 0 Å². The number of hydrogen-bond acceptors (Lipinski definition) is 2. The van der Waals surface area contributed by atoms with Gasteiger partial charge in [0.15, 0.2) is 5.96 Å². The standard InChI is InChI=1S/C22H31N3O.HI/c1-19(21-13-7-4-8-14-21)17-25-22(23-2)24-15-9-10-16-26-18-20-11-5-3-6-12-20;/h3-8,11-14,19H,9-10,15-18H2,1-2H3,(H2,23,24,25);1H. The van der Waals surface area contributed by atoms with Crippen molar-refractivity contribution < 1.29 is 4.74 Å². The highest BCUT2D eigenvalue weighted by Gasteiger charge is 2.05. The lowest BCUT2D eigenvalue weighted by molar-refractivity contribution is 0.117. The van der Waals surface area contributed by atoms with Crippen molar-refractivity contribution in [2.45, 2.75) is 32.3 Å². The summed E-state index contributed by atoms with van der Waals surface area (Å²) < 4.78 is 5.71. The lowest BCUT2D eigenvalue weighted by atomic mass is 10.0. The smallest absolute Gasteiger partial charge is 0.190 e. The van der Waals surface area contributed by atoms with Gasteiger partial charge in [-0.05, 0) is 29.9 Å². The van der Waals surface area contributed by atoms with Crippen molar-refractivity contribution >= 4 is 29.9 Å². The monoisotopic (exact) mass is 481 g/mol. The van der Waals surface area contributed by atoms with Crippen LogP contribution in [0.4, 0.5) is 0 Å². The maximum atomic E-state index is 5.71. The SMILES string of the molecule is CN=C(NCCCCOCc1ccccc1)NCC(C)c1ccccc1.I. The first-order valence-corrected chi connectivity index (χ1v) is 9.40. The average molecular weight is 481 g/mol. The van der Waals surface area contributed by atoms with Crippen LogP contribution in [0.2, 0.25) is 0 Å². The van der Waals surface area contributed by atoms with Gasteiger partial charge in [-0.15, -0.1) is 24.0 Å². The first kappa shape index (κ1) is 23.4. The molecule has 0 saturated heterocycles. The molecule has 1 unspecified atom stereocenters. The van der Waals surface area contributed by atoms with E-state index in [1.807, 2.05) is 31.3 Å². The summed E-state index contributed by atoms with van der Waals surface area (Å²) in [7, 11) is 1.81. The summed E-state index contributed by atoms with van der Waals surface area (Å²) >= 11 is 0. The summed E-state index contributed by atoms with van der Waals surface area (Å²) in [5.41, 5.74) is 2.56. The van der Waals surface area contributed by atoms with Crippen molar-refractivity contribution in [1.82, 2.24) is 10.6 Å². The van der Waals surface area contributed by atoms with Gasteiger partial charge >= 0.3 is 0 Å². The third-order valence-electron chi connectivity index (χ3n) is 4.29. The molecule has 0 aliphatic heterocycles. The molecular weight excluding hydrogens is 449 g/mol. The van der Waals surface area contributed by atoms with Crippen molar-refractivity contribution in [1.29, 1.82) is 0 Å². The molecule has 0 spiro atoms. The number of guanidine groups is 1. The summed E-state index contributed by atoms with van der Waals surface area (Å²) in [6.07, 6.45) is 2.10. The molecule has 5 heteroatoms. The minimum atomic E-state index is 0. The second kappa shape index (κ2) is 14.5. The van der Waals surface area contributed by atoms with Gasteiger partial charge in [0.1, 0.15) is 0 Å². The van der Waals surface area contributed by atoms with E-state index in [1.54, 1.807) is 0 Å². The fraction of sp³-hybridized carbons (Fsp3) is 0.409. The molecule has 0 amide bonds. The van der Waals surface area contributed by atoms with Crippen LogP contribution in [0.5, 0.6) is 0 Å². The third-order valence-corrected chi connectivity index (χ3v) is 4.29. The molecule has 2 aromatic rings. The van der Waals surface area contributed by atoms with Crippen LogP contribution in [0.25, 0.3) is 0 Å². The van der Waals surface area contributed by atoms with E-state index in [-0.39, 0.29) is 24.0 Å². The Labute approximate surface area is 180 Å². The number of halogens is 1. The highest BCUT2D eigenvalue weighted by atomic mass is 127. The fourth-order valence-corrected chi connectivity index (χ4v) is 2.67. The lowest BCUT2D eigenvalue weighted by Gasteiger charge is -2.16. The van der Waals surface area contributed by atoms with Gasteiger partial charge in [-0.2, -0.15) is 0 Å². The second-order valence-corrected chi connectivity index (χ2v) is 6.44. The Bertz CT molecular complexity index is 635. The van der Waals surface area contributed by atoms with E-state index in [9.17, 15) is 0 Å². The minimum absolute atomic E-state index is 0. The average Bonchev–Trinajstić information content (AvgIpc) is 2.70. The molecular formula is C22H32IN3O. The van der Waals surface area contributed by atoms with Crippen LogP contribution in [-0.2, 0) is 11.3 Å². The number of nitrogens with one attached hydrogen (secondary N) is 2. The summed E-state index contributed by atoms with van der Waals surface area (Å²) in [6, 6.07) is 20.8. The summed E-state index contributed by atoms with van der Waals surface area (Å²) in [6.45, 7) is 5.46. The summed E-state index contributed by atoms with van der Waals surface area (Å²) in [4.78, 5) is 4.29. The van der Waals surface area contributed by atoms with Gasteiger partial charge in [-0.1, -0.05) is 67.6 Å². The fourth-order valence-electron chi connectivity index (χ4n) is 2.67. The highest BCUT2D eigenvalue weighted by molar-refractivity contribution is 14.0. The molecule has 1 atom stereocenters. The van der Waals surface area contributed by atoms with Gasteiger partial charge < -0.3 is 15.4 Å². The Balaban J connectivity index is 0.00000364. The molecule has 2 N–H and O–H groups in total. The van der Waals surface area contributed by atoms with Gasteiger partial charge in [0.05, 0.1) is 6.61 Å². The second-order valence-electron chi connectivity index (χ2n) is 6.44. The molecule has 0 saturated carbocycles. The van der Waals surface area contributed by atoms with Crippen LogP contribution in [0, 0.1) is 0 Å². The van der Waals surface area contributed by atoms with E-state index >= 15 is 0 Å². The Kier molecular flexibility index (Phi) is 12.6. The number of ether oxygens (including phenoxy) is 1. The predicted octanol–water partition coefficient (Wildman–Crippen LogP) is 4.57. The third kappa shape index (κ3) is 9.77. The molecule has 2 rings (SSSR count). The van der Waals surface area contributed by atoms with E-state index < -0.39 is 0 Å². The normalized spacial score (nSPS) is 12.1. The first-order valence-electron chi connectivity index (χ1n) is 9.40. The molecule has 148 valence electrons. The van der Waals surface area contributed by atoms with Crippen LogP contribution >= 0.6 is 24.0 Å². The summed E-state index contributed by atoms with van der Waals surface area (Å²) in [5.74, 6) is 1.30. The van der Waals surface area contributed by atoms with E-state index in [0.29, 0.717) is 12.5 Å². The van der Waals surface area contributed by atoms with Gasteiger partial charge in [-0.25, -0.2) is 0 Å². The molecule has 0 aliphatic carbocycles. The largest absolute Gasteiger partial charge is 0.377 e. The van der Waals surface area contributed by atoms with Crippen molar-refractivity contribution in [3.05, 3.63) is 71.8 Å². The maximum absolute atomic E-state index is 5.71. The zero-order chi connectivity index (χ0) is 18.5. The zero-order valence-electron chi connectivity index (χ0n) is 16.4. The predicted molar refractivity (Wildman–Crippen MR) is 125 cm³/mol. The van der Waals surface area contributed by atoms with Crippen LogP contribution in [0.3, 0.4) is 0 Å². The van der Waals surface area contributed by atoms with Crippen LogP contribution < -0.4 is 10.6 Å². The van der Waals surface area contributed by atoms with Crippen LogP contribution in [-0.4, -0.2) is 32.7 Å². The number of rotatable bonds is 10. The highest BCUT2D eigenvalue weighted by Crippen LogP contribution is 2.12. The molecule has 4 nitrogen and oxygen atoms in total. The zero-order valence-corrected chi connectivity index (χ0v) is 18.7. The van der Waals surface area contributed by atoms with Gasteiger partial charge in [0.25, 0.3) is 0 Å². The number of unbranched alkanes of at least 4 members (excludes halogenated alkanes) is 1. The van der Waals surface area contributed by atoms with Crippen LogP contribution in [0.15, 0.2) is 65.7 Å². The lowest BCUT2D eigenvalue weighted by Crippen LogP contribution is -2.39. The van der Waals surface area contributed by atoms with Crippen LogP contribution in [0.1, 0.15) is 36.8 Å². The molecule has 0 fully saturated rings. The Morgan fingerprint density at radius 2 is 1.63 bits per heavy atom. The Morgan fingerprint density at radius 3 is 2.30 bits per heavy atom. The van der Waals surface area contributed by atoms with E-state index in [4.69, 9.17) is 4.74 Å². The van der Waals surface area contributed by atoms with E-state index in [0.717, 1.165) is 38.5 Å². The minimum Gasteiger partial charge on any atom is -0.377 e. The summed E-state index contributed by atoms with van der Waals surface area (Å²) in [5, 5.41) is 6.77.